The van der Waals surface area contributed by atoms with Gasteiger partial charge in [-0.05, 0) is 42.3 Å². The third-order valence-electron chi connectivity index (χ3n) is 4.30. The maximum Gasteiger partial charge on any atom is 0.211 e. The summed E-state index contributed by atoms with van der Waals surface area (Å²) in [4.78, 5) is 0.825. The minimum Gasteiger partial charge on any atom is -0.507 e. The lowest BCUT2D eigenvalue weighted by Crippen LogP contribution is -2.15. The molecule has 0 aliphatic heterocycles. The van der Waals surface area contributed by atoms with Crippen LogP contribution in [-0.2, 0) is 6.54 Å². The Labute approximate surface area is 161 Å². The highest BCUT2D eigenvalue weighted by molar-refractivity contribution is 7.16. The summed E-state index contributed by atoms with van der Waals surface area (Å²) in [5, 5.41) is 18.5. The number of benzene rings is 3. The van der Waals surface area contributed by atoms with Gasteiger partial charge in [0.15, 0.2) is 0 Å². The number of hydrogen-bond donors (Lipinski definition) is 1. The first kappa shape index (κ1) is 17.2. The molecule has 134 valence electrons. The fourth-order valence-electron chi connectivity index (χ4n) is 2.91. The molecular formula is C22H19N3OS. The summed E-state index contributed by atoms with van der Waals surface area (Å²) < 4.78 is 3.36. The molecule has 4 rings (SSSR count). The van der Waals surface area contributed by atoms with Crippen molar-refractivity contribution in [3.8, 4) is 5.75 Å². The molecule has 4 aromatic rings. The van der Waals surface area contributed by atoms with Gasteiger partial charge >= 0.3 is 0 Å². The maximum absolute atomic E-state index is 9.87. The van der Waals surface area contributed by atoms with E-state index < -0.39 is 0 Å². The van der Waals surface area contributed by atoms with Crippen LogP contribution in [-0.4, -0.2) is 15.9 Å². The van der Waals surface area contributed by atoms with E-state index in [0.29, 0.717) is 5.56 Å². The molecule has 0 unspecified atom stereocenters. The second kappa shape index (κ2) is 7.60. The molecular weight excluding hydrogens is 354 g/mol. The molecule has 0 saturated heterocycles. The lowest BCUT2D eigenvalue weighted by atomic mass is 10.2. The van der Waals surface area contributed by atoms with Gasteiger partial charge < -0.3 is 9.67 Å². The molecule has 0 fully saturated rings. The van der Waals surface area contributed by atoms with Crippen molar-refractivity contribution in [2.75, 3.05) is 0 Å². The van der Waals surface area contributed by atoms with Gasteiger partial charge in [0.2, 0.25) is 4.80 Å². The zero-order valence-electron chi connectivity index (χ0n) is 14.9. The van der Waals surface area contributed by atoms with Crippen molar-refractivity contribution in [1.82, 2.24) is 4.57 Å². The van der Waals surface area contributed by atoms with E-state index >= 15 is 0 Å². The summed E-state index contributed by atoms with van der Waals surface area (Å²) in [6, 6.07) is 23.8. The van der Waals surface area contributed by atoms with Gasteiger partial charge in [-0.15, -0.1) is 5.10 Å². The van der Waals surface area contributed by atoms with E-state index in [1.807, 2.05) is 24.3 Å². The van der Waals surface area contributed by atoms with Crippen LogP contribution in [0.25, 0.3) is 10.2 Å². The quantitative estimate of drug-likeness (QED) is 0.409. The van der Waals surface area contributed by atoms with Gasteiger partial charge in [0.1, 0.15) is 5.75 Å². The first-order valence-electron chi connectivity index (χ1n) is 8.70. The normalized spacial score (nSPS) is 12.3. The molecule has 0 aliphatic rings. The van der Waals surface area contributed by atoms with E-state index in [1.54, 1.807) is 35.8 Å². The molecule has 1 N–H and O–H groups in total. The van der Waals surface area contributed by atoms with Crippen molar-refractivity contribution >= 4 is 27.8 Å². The van der Waals surface area contributed by atoms with E-state index in [1.165, 1.54) is 15.8 Å². The van der Waals surface area contributed by atoms with Crippen LogP contribution in [0.1, 0.15) is 16.7 Å². The molecule has 27 heavy (non-hydrogen) atoms. The van der Waals surface area contributed by atoms with Crippen LogP contribution in [0, 0.1) is 6.92 Å². The molecule has 0 radical (unpaired) electrons. The number of aryl methyl sites for hydroxylation is 1. The van der Waals surface area contributed by atoms with E-state index in [0.717, 1.165) is 16.9 Å². The predicted molar refractivity (Wildman–Crippen MR) is 111 cm³/mol. The first-order chi connectivity index (χ1) is 13.2. The molecule has 1 aromatic heterocycles. The molecule has 5 heteroatoms. The Balaban J connectivity index is 1.79. The second-order valence-corrected chi connectivity index (χ2v) is 7.34. The van der Waals surface area contributed by atoms with Gasteiger partial charge in [-0.2, -0.15) is 5.10 Å². The average molecular weight is 373 g/mol. The Morgan fingerprint density at radius 2 is 1.78 bits per heavy atom. The van der Waals surface area contributed by atoms with E-state index in [4.69, 9.17) is 0 Å². The standard InChI is InChI=1S/C22H19N3OS/c1-16-11-12-19-21(13-16)27-22(25(19)15-17-7-3-2-4-8-17)24-23-14-18-9-5-6-10-20(18)26/h2-14,26H,15H2,1H3/b23-14+,24-22-. The van der Waals surface area contributed by atoms with Crippen LogP contribution in [0.15, 0.2) is 83.0 Å². The third-order valence-corrected chi connectivity index (χ3v) is 5.33. The van der Waals surface area contributed by atoms with E-state index in [9.17, 15) is 5.11 Å². The molecule has 3 aromatic carbocycles. The van der Waals surface area contributed by atoms with Gasteiger partial charge in [-0.25, -0.2) is 0 Å². The molecule has 0 spiro atoms. The Kier molecular flexibility index (Phi) is 4.85. The average Bonchev–Trinajstić information content (AvgIpc) is 3.00. The minimum absolute atomic E-state index is 0.195. The highest BCUT2D eigenvalue weighted by atomic mass is 32.1. The van der Waals surface area contributed by atoms with Crippen LogP contribution in [0.2, 0.25) is 0 Å². The number of rotatable bonds is 4. The Morgan fingerprint density at radius 1 is 1.00 bits per heavy atom. The van der Waals surface area contributed by atoms with Gasteiger partial charge in [0.05, 0.1) is 23.0 Å². The molecule has 4 nitrogen and oxygen atoms in total. The number of aromatic hydroxyl groups is 1. The van der Waals surface area contributed by atoms with Crippen molar-refractivity contribution in [3.63, 3.8) is 0 Å². The summed E-state index contributed by atoms with van der Waals surface area (Å²) in [5.41, 5.74) is 4.22. The summed E-state index contributed by atoms with van der Waals surface area (Å²) in [6.45, 7) is 2.82. The van der Waals surface area contributed by atoms with Crippen LogP contribution < -0.4 is 4.80 Å². The fraction of sp³-hybridized carbons (Fsp3) is 0.0909. The summed E-state index contributed by atoms with van der Waals surface area (Å²) in [6.07, 6.45) is 1.58. The number of thiazole rings is 1. The number of hydrogen-bond acceptors (Lipinski definition) is 4. The van der Waals surface area contributed by atoms with Crippen molar-refractivity contribution in [2.24, 2.45) is 10.2 Å². The van der Waals surface area contributed by atoms with Crippen LogP contribution in [0.3, 0.4) is 0 Å². The number of para-hydroxylation sites is 1. The number of phenolic OH excluding ortho intramolecular Hbond substituents is 1. The third kappa shape index (κ3) is 3.83. The van der Waals surface area contributed by atoms with Crippen molar-refractivity contribution < 1.29 is 5.11 Å². The van der Waals surface area contributed by atoms with Crippen LogP contribution in [0.4, 0.5) is 0 Å². The lowest BCUT2D eigenvalue weighted by Gasteiger charge is -2.05. The van der Waals surface area contributed by atoms with Crippen molar-refractivity contribution in [3.05, 3.63) is 94.3 Å². The van der Waals surface area contributed by atoms with Gasteiger partial charge in [-0.3, -0.25) is 0 Å². The molecule has 0 atom stereocenters. The topological polar surface area (TPSA) is 49.9 Å². The van der Waals surface area contributed by atoms with Gasteiger partial charge in [0.25, 0.3) is 0 Å². The Hall–Kier alpha value is -3.18. The Morgan fingerprint density at radius 3 is 2.59 bits per heavy atom. The van der Waals surface area contributed by atoms with Gasteiger partial charge in [-0.1, -0.05) is 59.9 Å². The summed E-state index contributed by atoms with van der Waals surface area (Å²) in [5.74, 6) is 0.195. The van der Waals surface area contributed by atoms with E-state index in [2.05, 4.69) is 52.0 Å². The number of fused-ring (bicyclic) bond motifs is 1. The van der Waals surface area contributed by atoms with Crippen LogP contribution in [0.5, 0.6) is 5.75 Å². The Bertz CT molecular complexity index is 1170. The molecule has 0 saturated carbocycles. The fourth-order valence-corrected chi connectivity index (χ4v) is 4.00. The first-order valence-corrected chi connectivity index (χ1v) is 9.51. The SMILES string of the molecule is Cc1ccc2c(c1)s/c(=N\N=C\c1ccccc1O)n2Cc1ccccc1. The summed E-state index contributed by atoms with van der Waals surface area (Å²) >= 11 is 1.62. The molecule has 0 amide bonds. The monoisotopic (exact) mass is 373 g/mol. The zero-order valence-corrected chi connectivity index (χ0v) is 15.7. The highest BCUT2D eigenvalue weighted by Gasteiger charge is 2.07. The minimum atomic E-state index is 0.195. The zero-order chi connectivity index (χ0) is 18.6. The summed E-state index contributed by atoms with van der Waals surface area (Å²) in [7, 11) is 0. The highest BCUT2D eigenvalue weighted by Crippen LogP contribution is 2.20. The molecule has 0 bridgehead atoms. The largest absolute Gasteiger partial charge is 0.507 e. The predicted octanol–water partition coefficient (Wildman–Crippen LogP) is 4.70. The van der Waals surface area contributed by atoms with Crippen LogP contribution >= 0.6 is 11.3 Å². The number of aromatic nitrogens is 1. The van der Waals surface area contributed by atoms with Crippen molar-refractivity contribution in [1.29, 1.82) is 0 Å². The number of nitrogens with zero attached hydrogens (tertiary/aromatic N) is 3. The van der Waals surface area contributed by atoms with E-state index in [-0.39, 0.29) is 5.75 Å². The number of phenols is 1. The lowest BCUT2D eigenvalue weighted by molar-refractivity contribution is 0.474. The maximum atomic E-state index is 9.87. The van der Waals surface area contributed by atoms with Gasteiger partial charge in [0, 0.05) is 5.56 Å². The smallest absolute Gasteiger partial charge is 0.211 e. The molecule has 0 aliphatic carbocycles. The molecule has 1 heterocycles. The second-order valence-electron chi connectivity index (χ2n) is 6.33. The van der Waals surface area contributed by atoms with Crippen molar-refractivity contribution in [2.45, 2.75) is 13.5 Å².